The third kappa shape index (κ3) is 3.87. The van der Waals surface area contributed by atoms with E-state index in [-0.39, 0.29) is 12.3 Å². The summed E-state index contributed by atoms with van der Waals surface area (Å²) in [5.41, 5.74) is 1.93. The predicted octanol–water partition coefficient (Wildman–Crippen LogP) is 1.94. The van der Waals surface area contributed by atoms with E-state index in [4.69, 9.17) is 0 Å². The van der Waals surface area contributed by atoms with E-state index in [1.54, 1.807) is 7.05 Å². The molecule has 18 heavy (non-hydrogen) atoms. The van der Waals surface area contributed by atoms with Crippen LogP contribution >= 0.6 is 0 Å². The molecule has 1 atom stereocenters. The average Bonchev–Trinajstić information content (AvgIpc) is 2.39. The molecule has 0 bridgehead atoms. The third-order valence-corrected chi connectivity index (χ3v) is 3.03. The molecule has 0 saturated carbocycles. The van der Waals surface area contributed by atoms with Gasteiger partial charge in [-0.1, -0.05) is 31.2 Å². The molecule has 0 aliphatic carbocycles. The molecule has 98 valence electrons. The fourth-order valence-corrected chi connectivity index (χ4v) is 1.82. The quantitative estimate of drug-likeness (QED) is 0.809. The van der Waals surface area contributed by atoms with E-state index in [2.05, 4.69) is 12.2 Å². The van der Waals surface area contributed by atoms with Crippen LogP contribution in [0.25, 0.3) is 0 Å². The number of benzene rings is 1. The van der Waals surface area contributed by atoms with Crippen molar-refractivity contribution in [1.82, 2.24) is 5.32 Å². The molecule has 0 spiro atoms. The van der Waals surface area contributed by atoms with Crippen LogP contribution in [0.2, 0.25) is 0 Å². The molecule has 1 aromatic rings. The summed E-state index contributed by atoms with van der Waals surface area (Å²) in [6, 6.07) is 7.54. The minimum atomic E-state index is -0.886. The topological polar surface area (TPSA) is 66.4 Å². The van der Waals surface area contributed by atoms with Crippen LogP contribution in [0, 0.1) is 0 Å². The van der Waals surface area contributed by atoms with E-state index < -0.39 is 11.9 Å². The molecule has 0 heterocycles. The van der Waals surface area contributed by atoms with E-state index >= 15 is 0 Å². The van der Waals surface area contributed by atoms with Gasteiger partial charge in [-0.3, -0.25) is 9.59 Å². The molecule has 1 aromatic carbocycles. The van der Waals surface area contributed by atoms with Gasteiger partial charge in [-0.15, -0.1) is 0 Å². The zero-order valence-corrected chi connectivity index (χ0v) is 10.8. The molecule has 0 saturated heterocycles. The van der Waals surface area contributed by atoms with Crippen LogP contribution in [0.15, 0.2) is 24.3 Å². The Kier molecular flexibility index (Phi) is 5.36. The summed E-state index contributed by atoms with van der Waals surface area (Å²) in [7, 11) is 1.55. The normalized spacial score (nSPS) is 11.9. The number of hydrogen-bond donors (Lipinski definition) is 2. The van der Waals surface area contributed by atoms with Gasteiger partial charge in [0.2, 0.25) is 5.91 Å². The monoisotopic (exact) mass is 249 g/mol. The van der Waals surface area contributed by atoms with Crippen LogP contribution < -0.4 is 5.32 Å². The van der Waals surface area contributed by atoms with Gasteiger partial charge in [0, 0.05) is 13.5 Å². The molecule has 0 aliphatic heterocycles. The second-order valence-corrected chi connectivity index (χ2v) is 4.20. The van der Waals surface area contributed by atoms with Crippen molar-refractivity contribution in [2.24, 2.45) is 0 Å². The molecule has 1 amide bonds. The van der Waals surface area contributed by atoms with E-state index in [0.717, 1.165) is 12.0 Å². The van der Waals surface area contributed by atoms with Crippen LogP contribution in [0.3, 0.4) is 0 Å². The number of rotatable bonds is 6. The van der Waals surface area contributed by atoms with Gasteiger partial charge in [0.05, 0.1) is 5.92 Å². The second kappa shape index (κ2) is 6.79. The molecule has 0 radical (unpaired) electrons. The lowest BCUT2D eigenvalue weighted by atomic mass is 9.93. The summed E-state index contributed by atoms with van der Waals surface area (Å²) < 4.78 is 0. The van der Waals surface area contributed by atoms with Gasteiger partial charge >= 0.3 is 5.97 Å². The Morgan fingerprint density at radius 2 is 1.89 bits per heavy atom. The first-order valence-corrected chi connectivity index (χ1v) is 6.10. The zero-order valence-electron chi connectivity index (χ0n) is 10.8. The number of nitrogens with one attached hydrogen (secondary N) is 1. The summed E-state index contributed by atoms with van der Waals surface area (Å²) in [5.74, 6) is -1.64. The zero-order chi connectivity index (χ0) is 13.5. The first-order valence-electron chi connectivity index (χ1n) is 6.10. The molecule has 4 nitrogen and oxygen atoms in total. The Morgan fingerprint density at radius 1 is 1.28 bits per heavy atom. The van der Waals surface area contributed by atoms with E-state index in [0.29, 0.717) is 6.42 Å². The smallest absolute Gasteiger partial charge is 0.310 e. The van der Waals surface area contributed by atoms with Crippen LogP contribution in [0.4, 0.5) is 0 Å². The highest BCUT2D eigenvalue weighted by atomic mass is 16.4. The number of hydrogen-bond acceptors (Lipinski definition) is 2. The highest BCUT2D eigenvalue weighted by Crippen LogP contribution is 2.22. The lowest BCUT2D eigenvalue weighted by Gasteiger charge is -2.12. The van der Waals surface area contributed by atoms with Crippen LogP contribution in [0.1, 0.15) is 36.8 Å². The number of carboxylic acids is 1. The van der Waals surface area contributed by atoms with Gasteiger partial charge in [0.25, 0.3) is 0 Å². The van der Waals surface area contributed by atoms with E-state index in [1.165, 1.54) is 5.56 Å². The van der Waals surface area contributed by atoms with Gasteiger partial charge in [0.15, 0.2) is 0 Å². The molecule has 4 heteroatoms. The number of aliphatic carboxylic acids is 1. The summed E-state index contributed by atoms with van der Waals surface area (Å²) >= 11 is 0. The largest absolute Gasteiger partial charge is 0.481 e. The van der Waals surface area contributed by atoms with Crippen LogP contribution in [-0.2, 0) is 16.0 Å². The lowest BCUT2D eigenvalue weighted by Crippen LogP contribution is -2.20. The van der Waals surface area contributed by atoms with Crippen molar-refractivity contribution in [2.45, 2.75) is 32.1 Å². The summed E-state index contributed by atoms with van der Waals surface area (Å²) in [6.45, 7) is 2.05. The maximum absolute atomic E-state index is 11.2. The first kappa shape index (κ1) is 14.2. The molecular formula is C14H19NO3. The number of carboxylic acid groups (broad SMARTS) is 1. The predicted molar refractivity (Wildman–Crippen MR) is 69.5 cm³/mol. The highest BCUT2D eigenvalue weighted by Gasteiger charge is 2.20. The van der Waals surface area contributed by atoms with Gasteiger partial charge < -0.3 is 10.4 Å². The summed E-state index contributed by atoms with van der Waals surface area (Å²) in [5, 5.41) is 11.7. The highest BCUT2D eigenvalue weighted by molar-refractivity contribution is 5.79. The molecule has 0 aliphatic rings. The Labute approximate surface area is 107 Å². The van der Waals surface area contributed by atoms with E-state index in [9.17, 15) is 14.7 Å². The fourth-order valence-electron chi connectivity index (χ4n) is 1.82. The van der Waals surface area contributed by atoms with Gasteiger partial charge in [-0.2, -0.15) is 0 Å². The maximum Gasteiger partial charge on any atom is 0.310 e. The SMILES string of the molecule is CCc1ccc(C(CCC(=O)NC)C(=O)O)cc1. The number of carbonyl (C=O) groups is 2. The number of carbonyl (C=O) groups excluding carboxylic acids is 1. The second-order valence-electron chi connectivity index (χ2n) is 4.20. The van der Waals surface area contributed by atoms with Crippen LogP contribution in [0.5, 0.6) is 0 Å². The third-order valence-electron chi connectivity index (χ3n) is 3.03. The van der Waals surface area contributed by atoms with Crippen LogP contribution in [-0.4, -0.2) is 24.0 Å². The Bertz CT molecular complexity index is 412. The van der Waals surface area contributed by atoms with Crippen molar-refractivity contribution >= 4 is 11.9 Å². The summed E-state index contributed by atoms with van der Waals surface area (Å²) in [6.07, 6.45) is 1.47. The van der Waals surface area contributed by atoms with Gasteiger partial charge in [0.1, 0.15) is 0 Å². The molecule has 0 aromatic heterocycles. The Hall–Kier alpha value is -1.84. The maximum atomic E-state index is 11.2. The van der Waals surface area contributed by atoms with E-state index in [1.807, 2.05) is 24.3 Å². The average molecular weight is 249 g/mol. The number of amides is 1. The number of aryl methyl sites for hydroxylation is 1. The fraction of sp³-hybridized carbons (Fsp3) is 0.429. The first-order chi connectivity index (χ1) is 8.58. The Morgan fingerprint density at radius 3 is 2.33 bits per heavy atom. The lowest BCUT2D eigenvalue weighted by molar-refractivity contribution is -0.139. The van der Waals surface area contributed by atoms with Crippen molar-refractivity contribution in [2.75, 3.05) is 7.05 Å². The van der Waals surface area contributed by atoms with Gasteiger partial charge in [-0.25, -0.2) is 0 Å². The van der Waals surface area contributed by atoms with Crippen molar-refractivity contribution in [3.8, 4) is 0 Å². The van der Waals surface area contributed by atoms with Gasteiger partial charge in [-0.05, 0) is 24.0 Å². The molecular weight excluding hydrogens is 230 g/mol. The van der Waals surface area contributed by atoms with Crippen molar-refractivity contribution in [3.63, 3.8) is 0 Å². The molecule has 1 rings (SSSR count). The molecule has 1 unspecified atom stereocenters. The van der Waals surface area contributed by atoms with Crippen molar-refractivity contribution < 1.29 is 14.7 Å². The van der Waals surface area contributed by atoms with Crippen molar-refractivity contribution in [3.05, 3.63) is 35.4 Å². The van der Waals surface area contributed by atoms with Crippen molar-refractivity contribution in [1.29, 1.82) is 0 Å². The molecule has 0 fully saturated rings. The minimum Gasteiger partial charge on any atom is -0.481 e. The molecule has 2 N–H and O–H groups in total. The summed E-state index contributed by atoms with van der Waals surface area (Å²) in [4.78, 5) is 22.4. The standard InChI is InChI=1S/C14H19NO3/c1-3-10-4-6-11(7-5-10)12(14(17)18)8-9-13(16)15-2/h4-7,12H,3,8-9H2,1-2H3,(H,15,16)(H,17,18). The minimum absolute atomic E-state index is 0.133. The Balaban J connectivity index is 2.77.